The molecular weight excluding hydrogens is 406 g/mol. The number of allylic oxidation sites excluding steroid dienone is 4. The molecule has 0 radical (unpaired) electrons. The predicted octanol–water partition coefficient (Wildman–Crippen LogP) is 7.51. The van der Waals surface area contributed by atoms with E-state index in [2.05, 4.69) is 38.1 Å². The summed E-state index contributed by atoms with van der Waals surface area (Å²) in [5, 5.41) is 8.59. The van der Waals surface area contributed by atoms with Crippen molar-refractivity contribution in [1.82, 2.24) is 0 Å². The maximum atomic E-state index is 8.59. The molecule has 0 amide bonds. The average Bonchev–Trinajstić information content (AvgIpc) is 2.85. The van der Waals surface area contributed by atoms with Crippen molar-refractivity contribution in [3.63, 3.8) is 0 Å². The monoisotopic (exact) mass is 435 g/mol. The highest BCUT2D eigenvalue weighted by atomic mass is 16.5. The number of nitriles is 1. The Bertz CT molecular complexity index is 1200. The molecule has 0 atom stereocenters. The summed E-state index contributed by atoms with van der Waals surface area (Å²) in [7, 11) is 0. The Morgan fingerprint density at radius 3 is 2.06 bits per heavy atom. The second kappa shape index (κ2) is 12.1. The van der Waals surface area contributed by atoms with Crippen LogP contribution < -0.4 is 9.47 Å². The fourth-order valence-corrected chi connectivity index (χ4v) is 3.53. The number of benzene rings is 3. The number of rotatable bonds is 9. The third-order valence-corrected chi connectivity index (χ3v) is 5.45. The largest absolute Gasteiger partial charge is 0.489 e. The Balaban J connectivity index is 1.78. The average molecular weight is 436 g/mol. The van der Waals surface area contributed by atoms with Crippen LogP contribution in [0.3, 0.4) is 0 Å². The van der Waals surface area contributed by atoms with Gasteiger partial charge in [0.2, 0.25) is 0 Å². The summed E-state index contributed by atoms with van der Waals surface area (Å²) in [6.07, 6.45) is 8.96. The van der Waals surface area contributed by atoms with Gasteiger partial charge in [-0.2, -0.15) is 5.26 Å². The molecule has 3 nitrogen and oxygen atoms in total. The SMILES string of the molecule is C\C=C(/C=C\C=C\C#N)COc1cccc(-c2cccc(OCc3ccccc3)c2C)c1C. The van der Waals surface area contributed by atoms with E-state index in [1.807, 2.05) is 73.7 Å². The van der Waals surface area contributed by atoms with Gasteiger partial charge < -0.3 is 9.47 Å². The number of hydrogen-bond donors (Lipinski definition) is 0. The fourth-order valence-electron chi connectivity index (χ4n) is 3.53. The van der Waals surface area contributed by atoms with Gasteiger partial charge in [-0.1, -0.05) is 78.9 Å². The van der Waals surface area contributed by atoms with Gasteiger partial charge in [-0.05, 0) is 66.3 Å². The number of nitrogens with zero attached hydrogens (tertiary/aromatic N) is 1. The highest BCUT2D eigenvalue weighted by Gasteiger charge is 2.12. The molecule has 0 aliphatic carbocycles. The molecule has 0 spiro atoms. The molecule has 3 aromatic rings. The highest BCUT2D eigenvalue weighted by molar-refractivity contribution is 5.74. The van der Waals surface area contributed by atoms with Crippen LogP contribution in [0.4, 0.5) is 0 Å². The molecule has 0 fully saturated rings. The maximum absolute atomic E-state index is 8.59. The van der Waals surface area contributed by atoms with Crippen LogP contribution in [0.15, 0.2) is 103 Å². The van der Waals surface area contributed by atoms with Crippen LogP contribution in [-0.2, 0) is 6.61 Å². The summed E-state index contributed by atoms with van der Waals surface area (Å²) in [5.74, 6) is 1.73. The molecule has 3 aromatic carbocycles. The lowest BCUT2D eigenvalue weighted by Gasteiger charge is -2.17. The van der Waals surface area contributed by atoms with Crippen LogP contribution in [0.5, 0.6) is 11.5 Å². The summed E-state index contributed by atoms with van der Waals surface area (Å²) >= 11 is 0. The van der Waals surface area contributed by atoms with Crippen molar-refractivity contribution in [2.75, 3.05) is 6.61 Å². The molecule has 0 aliphatic rings. The van der Waals surface area contributed by atoms with E-state index in [1.165, 1.54) is 6.08 Å². The maximum Gasteiger partial charge on any atom is 0.123 e. The van der Waals surface area contributed by atoms with Crippen LogP contribution in [0.25, 0.3) is 11.1 Å². The summed E-state index contributed by atoms with van der Waals surface area (Å²) in [5.41, 5.74) is 6.64. The first-order chi connectivity index (χ1) is 16.1. The van der Waals surface area contributed by atoms with E-state index < -0.39 is 0 Å². The number of hydrogen-bond acceptors (Lipinski definition) is 3. The van der Waals surface area contributed by atoms with Gasteiger partial charge in [0.15, 0.2) is 0 Å². The molecule has 0 N–H and O–H groups in total. The third-order valence-electron chi connectivity index (χ3n) is 5.45. The van der Waals surface area contributed by atoms with Crippen molar-refractivity contribution >= 4 is 0 Å². The summed E-state index contributed by atoms with van der Waals surface area (Å²) < 4.78 is 12.3. The molecule has 0 aliphatic heterocycles. The standard InChI is InChI=1S/C30H29NO2/c1-4-25(13-9-6-10-20-31)21-32-29-18-11-16-27(23(29)2)28-17-12-19-30(24(28)3)33-22-26-14-7-5-8-15-26/h4-19H,21-22H2,1-3H3/b10-6+,13-9-,25-4+. The molecular formula is C30H29NO2. The van der Waals surface area contributed by atoms with E-state index >= 15 is 0 Å². The van der Waals surface area contributed by atoms with E-state index in [9.17, 15) is 0 Å². The lowest BCUT2D eigenvalue weighted by atomic mass is 9.95. The first kappa shape index (κ1) is 23.6. The number of ether oxygens (including phenoxy) is 2. The van der Waals surface area contributed by atoms with Crippen LogP contribution in [-0.4, -0.2) is 6.61 Å². The fraction of sp³-hybridized carbons (Fsp3) is 0.167. The third kappa shape index (κ3) is 6.48. The van der Waals surface area contributed by atoms with E-state index in [0.717, 1.165) is 44.9 Å². The van der Waals surface area contributed by atoms with Crippen LogP contribution in [0.2, 0.25) is 0 Å². The quantitative estimate of drug-likeness (QED) is 0.258. The van der Waals surface area contributed by atoms with Crippen molar-refractivity contribution in [2.45, 2.75) is 27.4 Å². The molecule has 3 rings (SSSR count). The van der Waals surface area contributed by atoms with E-state index in [-0.39, 0.29) is 0 Å². The second-order valence-corrected chi connectivity index (χ2v) is 7.63. The Morgan fingerprint density at radius 2 is 1.45 bits per heavy atom. The van der Waals surface area contributed by atoms with Crippen molar-refractivity contribution < 1.29 is 9.47 Å². The van der Waals surface area contributed by atoms with Gasteiger partial charge in [-0.25, -0.2) is 0 Å². The van der Waals surface area contributed by atoms with Gasteiger partial charge in [0.25, 0.3) is 0 Å². The van der Waals surface area contributed by atoms with Crippen LogP contribution in [0.1, 0.15) is 23.6 Å². The summed E-state index contributed by atoms with van der Waals surface area (Å²) in [6.45, 7) is 7.15. The van der Waals surface area contributed by atoms with Crippen molar-refractivity contribution in [3.8, 4) is 28.7 Å². The van der Waals surface area contributed by atoms with Gasteiger partial charge >= 0.3 is 0 Å². The topological polar surface area (TPSA) is 42.2 Å². The van der Waals surface area contributed by atoms with Gasteiger partial charge in [0, 0.05) is 6.08 Å². The minimum Gasteiger partial charge on any atom is -0.489 e. The molecule has 0 unspecified atom stereocenters. The van der Waals surface area contributed by atoms with Gasteiger partial charge in [-0.3, -0.25) is 0 Å². The molecule has 3 heteroatoms. The van der Waals surface area contributed by atoms with Gasteiger partial charge in [-0.15, -0.1) is 0 Å². The molecule has 166 valence electrons. The molecule has 33 heavy (non-hydrogen) atoms. The molecule has 0 saturated carbocycles. The minimum absolute atomic E-state index is 0.455. The molecule has 0 saturated heterocycles. The zero-order chi connectivity index (χ0) is 23.5. The predicted molar refractivity (Wildman–Crippen MR) is 135 cm³/mol. The van der Waals surface area contributed by atoms with Crippen LogP contribution >= 0.6 is 0 Å². The lowest BCUT2D eigenvalue weighted by Crippen LogP contribution is -2.02. The summed E-state index contributed by atoms with van der Waals surface area (Å²) in [4.78, 5) is 0. The van der Waals surface area contributed by atoms with E-state index in [4.69, 9.17) is 14.7 Å². The first-order valence-electron chi connectivity index (χ1n) is 11.0. The Labute approximate surface area is 196 Å². The minimum atomic E-state index is 0.455. The van der Waals surface area contributed by atoms with Gasteiger partial charge in [0.1, 0.15) is 24.7 Å². The van der Waals surface area contributed by atoms with Crippen molar-refractivity contribution in [3.05, 3.63) is 119 Å². The van der Waals surface area contributed by atoms with E-state index in [1.54, 1.807) is 6.08 Å². The zero-order valence-electron chi connectivity index (χ0n) is 19.4. The van der Waals surface area contributed by atoms with Crippen molar-refractivity contribution in [2.24, 2.45) is 0 Å². The van der Waals surface area contributed by atoms with Crippen molar-refractivity contribution in [1.29, 1.82) is 5.26 Å². The molecule has 0 aromatic heterocycles. The highest BCUT2D eigenvalue weighted by Crippen LogP contribution is 2.35. The lowest BCUT2D eigenvalue weighted by molar-refractivity contribution is 0.304. The molecule has 0 heterocycles. The van der Waals surface area contributed by atoms with Crippen LogP contribution in [0, 0.1) is 25.2 Å². The Hall–Kier alpha value is -4.03. The van der Waals surface area contributed by atoms with Gasteiger partial charge in [0.05, 0.1) is 6.07 Å². The van der Waals surface area contributed by atoms with E-state index in [0.29, 0.717) is 13.2 Å². The zero-order valence-corrected chi connectivity index (χ0v) is 19.4. The Morgan fingerprint density at radius 1 is 0.818 bits per heavy atom. The normalized spacial score (nSPS) is 11.6. The first-order valence-corrected chi connectivity index (χ1v) is 11.0. The Kier molecular flexibility index (Phi) is 8.68. The smallest absolute Gasteiger partial charge is 0.123 e. The second-order valence-electron chi connectivity index (χ2n) is 7.63. The molecule has 0 bridgehead atoms. The summed E-state index contributed by atoms with van der Waals surface area (Å²) in [6, 6.07) is 24.5.